The Balaban J connectivity index is 2.11. The van der Waals surface area contributed by atoms with Crippen molar-refractivity contribution in [3.63, 3.8) is 0 Å². The number of aromatic nitrogens is 2. The highest BCUT2D eigenvalue weighted by molar-refractivity contribution is 9.11. The monoisotopic (exact) mass is 393 g/mol. The fraction of sp³-hybridized carbons (Fsp3) is 0.417. The fourth-order valence-corrected chi connectivity index (χ4v) is 4.10. The second-order valence-corrected chi connectivity index (χ2v) is 8.87. The lowest BCUT2D eigenvalue weighted by Gasteiger charge is -2.15. The summed E-state index contributed by atoms with van der Waals surface area (Å²) in [4.78, 5) is 0.164. The predicted octanol–water partition coefficient (Wildman–Crippen LogP) is 1.91. The lowest BCUT2D eigenvalue weighted by Crippen LogP contribution is -2.26. The molecule has 21 heavy (non-hydrogen) atoms. The second-order valence-electron chi connectivity index (χ2n) is 4.54. The lowest BCUT2D eigenvalue weighted by molar-refractivity contribution is 0.277. The molecule has 9 heteroatoms. The Morgan fingerprint density at radius 1 is 1.52 bits per heavy atom. The molecule has 0 aliphatic carbocycles. The second kappa shape index (κ2) is 7.01. The molecule has 0 aromatic carbocycles. The summed E-state index contributed by atoms with van der Waals surface area (Å²) in [5, 5.41) is 14.7. The van der Waals surface area contributed by atoms with Crippen LogP contribution in [0.2, 0.25) is 0 Å². The van der Waals surface area contributed by atoms with Gasteiger partial charge >= 0.3 is 0 Å². The number of hydrogen-bond donors (Lipinski definition) is 1. The highest BCUT2D eigenvalue weighted by Crippen LogP contribution is 2.23. The van der Waals surface area contributed by atoms with Crippen LogP contribution in [0, 0.1) is 0 Å². The van der Waals surface area contributed by atoms with Gasteiger partial charge in [0.25, 0.3) is 0 Å². The number of aliphatic hydroxyl groups excluding tert-OH is 1. The average Bonchev–Trinajstić information content (AvgIpc) is 3.06. The molecule has 0 aliphatic heterocycles. The number of halogens is 1. The van der Waals surface area contributed by atoms with Gasteiger partial charge < -0.3 is 5.11 Å². The summed E-state index contributed by atoms with van der Waals surface area (Å²) in [7, 11) is -2.01. The molecule has 0 saturated carbocycles. The lowest BCUT2D eigenvalue weighted by atomic mass is 10.3. The molecule has 2 aromatic rings. The predicted molar refractivity (Wildman–Crippen MR) is 84.6 cm³/mol. The maximum absolute atomic E-state index is 12.4. The summed E-state index contributed by atoms with van der Waals surface area (Å²) in [5.74, 6) is 0. The van der Waals surface area contributed by atoms with Gasteiger partial charge in [0.05, 0.1) is 9.98 Å². The normalized spacial score (nSPS) is 12.2. The van der Waals surface area contributed by atoms with Crippen LogP contribution >= 0.6 is 27.3 Å². The third-order valence-electron chi connectivity index (χ3n) is 2.89. The maximum Gasteiger partial charge on any atom is 0.246 e. The molecule has 2 heterocycles. The highest BCUT2D eigenvalue weighted by atomic mass is 79.9. The first-order valence-electron chi connectivity index (χ1n) is 6.26. The minimum absolute atomic E-state index is 0.0505. The molecular weight excluding hydrogens is 378 g/mol. The first-order chi connectivity index (χ1) is 9.93. The minimum atomic E-state index is -3.56. The van der Waals surface area contributed by atoms with E-state index in [-0.39, 0.29) is 11.5 Å². The van der Waals surface area contributed by atoms with Crippen molar-refractivity contribution in [2.75, 3.05) is 13.7 Å². The Bertz CT molecular complexity index is 696. The molecular formula is C12H16BrN3O3S2. The number of rotatable bonds is 7. The van der Waals surface area contributed by atoms with E-state index in [0.29, 0.717) is 19.5 Å². The summed E-state index contributed by atoms with van der Waals surface area (Å²) in [5.41, 5.74) is 0.936. The van der Waals surface area contributed by atoms with Gasteiger partial charge in [0, 0.05) is 32.9 Å². The topological polar surface area (TPSA) is 75.4 Å². The van der Waals surface area contributed by atoms with Crippen LogP contribution in [-0.4, -0.2) is 41.3 Å². The third kappa shape index (κ3) is 4.13. The molecule has 0 saturated heterocycles. The van der Waals surface area contributed by atoms with E-state index in [1.807, 2.05) is 11.4 Å². The molecule has 2 aromatic heterocycles. The van der Waals surface area contributed by atoms with E-state index in [9.17, 15) is 8.42 Å². The van der Waals surface area contributed by atoms with Crippen LogP contribution in [-0.2, 0) is 23.1 Å². The zero-order valence-corrected chi connectivity index (χ0v) is 14.7. The number of sulfonamides is 1. The van der Waals surface area contributed by atoms with E-state index in [0.717, 1.165) is 9.35 Å². The van der Waals surface area contributed by atoms with Crippen LogP contribution in [0.4, 0.5) is 0 Å². The molecule has 0 atom stereocenters. The fourth-order valence-electron chi connectivity index (χ4n) is 1.78. The van der Waals surface area contributed by atoms with Crippen LogP contribution in [0.3, 0.4) is 0 Å². The first kappa shape index (κ1) is 16.6. The van der Waals surface area contributed by atoms with E-state index in [4.69, 9.17) is 5.11 Å². The standard InChI is InChI=1S/C12H16BrN3O3S2/c1-15(7-10-5-12(13)20-9-10)21(18,19)11-6-14-16(8-11)3-2-4-17/h5-6,8-9,17H,2-4,7H2,1H3. The molecule has 0 fully saturated rings. The minimum Gasteiger partial charge on any atom is -0.396 e. The van der Waals surface area contributed by atoms with Gasteiger partial charge in [-0.25, -0.2) is 8.42 Å². The summed E-state index contributed by atoms with van der Waals surface area (Å²) in [6, 6.07) is 1.90. The van der Waals surface area contributed by atoms with Gasteiger partial charge in [-0.2, -0.15) is 9.40 Å². The van der Waals surface area contributed by atoms with E-state index < -0.39 is 10.0 Å². The van der Waals surface area contributed by atoms with Crippen molar-refractivity contribution in [2.45, 2.75) is 24.4 Å². The summed E-state index contributed by atoms with van der Waals surface area (Å²) in [6.45, 7) is 0.856. The Kier molecular flexibility index (Phi) is 5.55. The zero-order chi connectivity index (χ0) is 15.5. The van der Waals surface area contributed by atoms with Crippen LogP contribution in [0.15, 0.2) is 32.5 Å². The smallest absolute Gasteiger partial charge is 0.246 e. The third-order valence-corrected chi connectivity index (χ3v) is 6.20. The van der Waals surface area contributed by atoms with Crippen LogP contribution in [0.1, 0.15) is 12.0 Å². The number of aliphatic hydroxyl groups is 1. The molecule has 6 nitrogen and oxygen atoms in total. The number of aryl methyl sites for hydroxylation is 1. The van der Waals surface area contributed by atoms with Gasteiger partial charge in [-0.15, -0.1) is 11.3 Å². The van der Waals surface area contributed by atoms with E-state index in [2.05, 4.69) is 21.0 Å². The molecule has 1 N–H and O–H groups in total. The molecule has 116 valence electrons. The highest BCUT2D eigenvalue weighted by Gasteiger charge is 2.23. The van der Waals surface area contributed by atoms with Gasteiger partial charge in [-0.1, -0.05) is 0 Å². The maximum atomic E-state index is 12.4. The van der Waals surface area contributed by atoms with Crippen molar-refractivity contribution in [3.05, 3.63) is 33.2 Å². The average molecular weight is 394 g/mol. The largest absolute Gasteiger partial charge is 0.396 e. The Morgan fingerprint density at radius 3 is 2.90 bits per heavy atom. The van der Waals surface area contributed by atoms with Crippen molar-refractivity contribution in [2.24, 2.45) is 0 Å². The van der Waals surface area contributed by atoms with Gasteiger partial charge in [0.1, 0.15) is 4.90 Å². The molecule has 0 unspecified atom stereocenters. The Hall–Kier alpha value is -0.740. The zero-order valence-electron chi connectivity index (χ0n) is 11.4. The van der Waals surface area contributed by atoms with Crippen molar-refractivity contribution in [1.82, 2.24) is 14.1 Å². The van der Waals surface area contributed by atoms with Gasteiger partial charge in [-0.05, 0) is 39.4 Å². The van der Waals surface area contributed by atoms with Crippen molar-refractivity contribution in [1.29, 1.82) is 0 Å². The van der Waals surface area contributed by atoms with Crippen molar-refractivity contribution < 1.29 is 13.5 Å². The van der Waals surface area contributed by atoms with Crippen LogP contribution < -0.4 is 0 Å². The molecule has 0 radical (unpaired) electrons. The molecule has 0 aliphatic rings. The van der Waals surface area contributed by atoms with E-state index >= 15 is 0 Å². The van der Waals surface area contributed by atoms with Crippen LogP contribution in [0.5, 0.6) is 0 Å². The summed E-state index contributed by atoms with van der Waals surface area (Å²) < 4.78 is 28.7. The molecule has 0 spiro atoms. The van der Waals surface area contributed by atoms with Crippen molar-refractivity contribution >= 4 is 37.3 Å². The Labute approximate surface area is 136 Å². The van der Waals surface area contributed by atoms with Crippen LogP contribution in [0.25, 0.3) is 0 Å². The van der Waals surface area contributed by atoms with Crippen molar-refractivity contribution in [3.8, 4) is 0 Å². The quantitative estimate of drug-likeness (QED) is 0.779. The Morgan fingerprint density at radius 2 is 2.29 bits per heavy atom. The SMILES string of the molecule is CN(Cc1csc(Br)c1)S(=O)(=O)c1cnn(CCCO)c1. The van der Waals surface area contributed by atoms with Gasteiger partial charge in [0.2, 0.25) is 10.0 Å². The summed E-state index contributed by atoms with van der Waals surface area (Å²) in [6.07, 6.45) is 3.37. The van der Waals surface area contributed by atoms with Gasteiger partial charge in [-0.3, -0.25) is 4.68 Å². The molecule has 0 amide bonds. The summed E-state index contributed by atoms with van der Waals surface area (Å²) >= 11 is 4.88. The first-order valence-corrected chi connectivity index (χ1v) is 9.37. The van der Waals surface area contributed by atoms with Gasteiger partial charge in [0.15, 0.2) is 0 Å². The molecule has 0 bridgehead atoms. The van der Waals surface area contributed by atoms with E-state index in [1.54, 1.807) is 7.05 Å². The number of nitrogens with zero attached hydrogens (tertiary/aromatic N) is 3. The molecule has 2 rings (SSSR count). The van der Waals surface area contributed by atoms with E-state index in [1.165, 1.54) is 32.7 Å². The number of hydrogen-bond acceptors (Lipinski definition) is 5. The number of thiophene rings is 1.